The zero-order valence-corrected chi connectivity index (χ0v) is 26.2. The monoisotopic (exact) mass is 622 g/mol. The molecule has 8 rings (SSSR count). The lowest BCUT2D eigenvalue weighted by Crippen LogP contribution is -2.74. The van der Waals surface area contributed by atoms with E-state index in [4.69, 9.17) is 23.7 Å². The number of nitrogens with zero attached hydrogens (tertiary/aromatic N) is 2. The van der Waals surface area contributed by atoms with Gasteiger partial charge in [0.25, 0.3) is 0 Å². The number of thioether (sulfide) groups is 1. The Morgan fingerprint density at radius 2 is 1.86 bits per heavy atom. The van der Waals surface area contributed by atoms with Gasteiger partial charge in [-0.1, -0.05) is 0 Å². The summed E-state index contributed by atoms with van der Waals surface area (Å²) < 4.78 is 29.4. The fourth-order valence-electron chi connectivity index (χ4n) is 9.08. The predicted octanol–water partition coefficient (Wildman–Crippen LogP) is 3.74. The first-order valence-electron chi connectivity index (χ1n) is 14.9. The molecule has 232 valence electrons. The number of esters is 2. The van der Waals surface area contributed by atoms with Crippen LogP contribution in [0.15, 0.2) is 6.07 Å². The lowest BCUT2D eigenvalue weighted by molar-refractivity contribution is -0.194. The summed E-state index contributed by atoms with van der Waals surface area (Å²) in [6.07, 6.45) is 0.881. The van der Waals surface area contributed by atoms with Gasteiger partial charge >= 0.3 is 11.9 Å². The van der Waals surface area contributed by atoms with E-state index in [2.05, 4.69) is 29.7 Å². The Balaban J connectivity index is 1.44. The van der Waals surface area contributed by atoms with Crippen molar-refractivity contribution in [1.29, 1.82) is 0 Å². The molecule has 6 aliphatic heterocycles. The Kier molecular flexibility index (Phi) is 5.91. The normalized spacial score (nSPS) is 33.0. The molecule has 12 heteroatoms. The highest BCUT2D eigenvalue weighted by Gasteiger charge is 2.69. The second-order valence-electron chi connectivity index (χ2n) is 12.8. The van der Waals surface area contributed by atoms with Gasteiger partial charge in [0.2, 0.25) is 12.6 Å². The first kappa shape index (κ1) is 28.0. The molecule has 1 unspecified atom stereocenters. The number of hydrogen-bond donors (Lipinski definition) is 1. The van der Waals surface area contributed by atoms with Crippen molar-refractivity contribution in [3.05, 3.63) is 39.4 Å². The van der Waals surface area contributed by atoms with Crippen LogP contribution in [0.2, 0.25) is 0 Å². The molecule has 11 nitrogen and oxygen atoms in total. The molecule has 2 aromatic rings. The molecule has 2 aromatic carbocycles. The maximum atomic E-state index is 13.0. The fraction of sp³-hybridized carbons (Fsp3) is 0.531. The number of phenols is 1. The molecule has 6 aliphatic rings. The van der Waals surface area contributed by atoms with Gasteiger partial charge in [-0.2, -0.15) is 0 Å². The summed E-state index contributed by atoms with van der Waals surface area (Å²) in [6, 6.07) is 1.17. The Bertz CT molecular complexity index is 1690. The second-order valence-corrected chi connectivity index (χ2v) is 14.0. The van der Waals surface area contributed by atoms with Crippen molar-refractivity contribution in [3.8, 4) is 28.7 Å². The molecule has 0 radical (unpaired) electrons. The van der Waals surface area contributed by atoms with E-state index in [9.17, 15) is 19.5 Å². The van der Waals surface area contributed by atoms with Crippen LogP contribution in [0.4, 0.5) is 0 Å². The average molecular weight is 623 g/mol. The van der Waals surface area contributed by atoms with Crippen molar-refractivity contribution in [2.24, 2.45) is 0 Å². The number of methoxy groups -OCH3 is 1. The lowest BCUT2D eigenvalue weighted by atomic mass is 9.70. The van der Waals surface area contributed by atoms with Crippen molar-refractivity contribution < 1.29 is 43.2 Å². The smallest absolute Gasteiger partial charge is 0.375 e. The van der Waals surface area contributed by atoms with Crippen LogP contribution in [0.3, 0.4) is 0 Å². The van der Waals surface area contributed by atoms with Gasteiger partial charge in [-0.15, -0.1) is 11.8 Å². The average Bonchev–Trinajstić information content (AvgIpc) is 3.53. The van der Waals surface area contributed by atoms with Crippen LogP contribution in [-0.2, 0) is 24.7 Å². The number of rotatable bonds is 2. The number of fused-ring (bicyclic) bond motifs is 8. The maximum absolute atomic E-state index is 13.0. The van der Waals surface area contributed by atoms with Gasteiger partial charge in [-0.3, -0.25) is 19.4 Å². The van der Waals surface area contributed by atoms with Gasteiger partial charge in [0.05, 0.1) is 30.2 Å². The Morgan fingerprint density at radius 3 is 2.59 bits per heavy atom. The topological polar surface area (TPSA) is 124 Å². The van der Waals surface area contributed by atoms with E-state index in [1.165, 1.54) is 18.7 Å². The Labute approximate surface area is 258 Å². The number of aromatic hydroxyl groups is 1. The third-order valence-corrected chi connectivity index (χ3v) is 12.0. The summed E-state index contributed by atoms with van der Waals surface area (Å²) >= 11 is 1.33. The minimum Gasteiger partial charge on any atom is -0.504 e. The number of aryl methyl sites for hydroxylation is 1. The van der Waals surface area contributed by atoms with E-state index in [1.54, 1.807) is 7.11 Å². The van der Waals surface area contributed by atoms with Crippen LogP contribution in [0.5, 0.6) is 28.7 Å². The van der Waals surface area contributed by atoms with E-state index in [1.807, 2.05) is 13.8 Å². The summed E-state index contributed by atoms with van der Waals surface area (Å²) in [5.74, 6) is -0.101. The summed E-state index contributed by atoms with van der Waals surface area (Å²) in [5, 5.41) is 11.4. The van der Waals surface area contributed by atoms with Gasteiger partial charge in [-0.25, -0.2) is 4.79 Å². The molecule has 1 N–H and O–H groups in total. The fourth-order valence-corrected chi connectivity index (χ4v) is 10.4. The van der Waals surface area contributed by atoms with Crippen LogP contribution in [0, 0.1) is 13.8 Å². The zero-order chi connectivity index (χ0) is 31.0. The number of piperazine rings is 1. The molecule has 6 heterocycles. The minimum atomic E-state index is -0.865. The highest BCUT2D eigenvalue weighted by Crippen LogP contribution is 2.70. The molecule has 44 heavy (non-hydrogen) atoms. The summed E-state index contributed by atoms with van der Waals surface area (Å²) in [6.45, 7) is 9.47. The Morgan fingerprint density at radius 1 is 1.11 bits per heavy atom. The standard InChI is InChI=1S/C32H34N2O9S/c1-12-7-16-20(25(37)26(12)39-6)23-24-30-22-21(29-28(41-11-42-29)13(2)27(22)43-15(4)35)18(9-40-31(38)19(36)10-44-30)33(24)14(3)17-8-32(16,5)34(17)23/h7,14,17-18,23-24,30,37H,8-11H2,1-6H3/t14-,17-,18-,23+,24?,30+,32+/m0/s1. The van der Waals surface area contributed by atoms with Gasteiger partial charge in [-0.05, 0) is 51.3 Å². The van der Waals surface area contributed by atoms with Crippen molar-refractivity contribution in [1.82, 2.24) is 9.80 Å². The zero-order valence-electron chi connectivity index (χ0n) is 25.4. The predicted molar refractivity (Wildman–Crippen MR) is 157 cm³/mol. The van der Waals surface area contributed by atoms with Crippen LogP contribution in [0.25, 0.3) is 0 Å². The number of Topliss-reactive ketones (excluding diaryl/α,β-unsaturated/α-hetero) is 1. The lowest BCUT2D eigenvalue weighted by Gasteiger charge is -2.67. The van der Waals surface area contributed by atoms with Crippen molar-refractivity contribution in [2.45, 2.75) is 82.0 Å². The number of benzene rings is 2. The molecule has 2 bridgehead atoms. The molecule has 0 saturated carbocycles. The summed E-state index contributed by atoms with van der Waals surface area (Å²) in [4.78, 5) is 43.2. The summed E-state index contributed by atoms with van der Waals surface area (Å²) in [5.41, 5.74) is 4.58. The number of cyclic esters (lactones) is 1. The maximum Gasteiger partial charge on any atom is 0.375 e. The molecule has 0 amide bonds. The molecule has 0 spiro atoms. The quantitative estimate of drug-likeness (QED) is 0.298. The van der Waals surface area contributed by atoms with E-state index in [0.29, 0.717) is 28.6 Å². The van der Waals surface area contributed by atoms with Crippen LogP contribution in [0.1, 0.15) is 77.9 Å². The SMILES string of the molecule is COc1c(C)cc2c(c1O)[C@@H]1C3[C@@H]4SCC(=O)C(=O)OC[C@@H](c5c6c(c(C)c(OC(C)=O)c54)OCO6)N3[C@@H](C)[C@@H]3C[C@@]2(C)N13. The largest absolute Gasteiger partial charge is 0.504 e. The van der Waals surface area contributed by atoms with Gasteiger partial charge in [0.1, 0.15) is 12.4 Å². The minimum absolute atomic E-state index is 0.00565. The van der Waals surface area contributed by atoms with Gasteiger partial charge in [0, 0.05) is 52.8 Å². The third kappa shape index (κ3) is 3.33. The molecule has 0 aliphatic carbocycles. The van der Waals surface area contributed by atoms with Crippen LogP contribution < -0.4 is 18.9 Å². The molecule has 3 fully saturated rings. The summed E-state index contributed by atoms with van der Waals surface area (Å²) in [7, 11) is 1.56. The second kappa shape index (κ2) is 9.27. The molecule has 0 aromatic heterocycles. The molecule has 7 atom stereocenters. The number of carbonyl (C=O) groups is 3. The number of hydrogen-bond acceptors (Lipinski definition) is 12. The van der Waals surface area contributed by atoms with Crippen molar-refractivity contribution in [2.75, 3.05) is 26.3 Å². The first-order chi connectivity index (χ1) is 21.0. The highest BCUT2D eigenvalue weighted by molar-refractivity contribution is 8.00. The van der Waals surface area contributed by atoms with Crippen molar-refractivity contribution >= 4 is 29.5 Å². The van der Waals surface area contributed by atoms with Crippen LogP contribution >= 0.6 is 11.8 Å². The third-order valence-electron chi connectivity index (χ3n) is 10.7. The Hall–Kier alpha value is -3.48. The number of phenolic OH excluding ortho intramolecular Hbond substituents is 1. The number of carbonyl (C=O) groups excluding carboxylic acids is 3. The van der Waals surface area contributed by atoms with Gasteiger partial charge in [0.15, 0.2) is 23.0 Å². The first-order valence-corrected chi connectivity index (χ1v) is 16.0. The van der Waals surface area contributed by atoms with E-state index >= 15 is 0 Å². The highest BCUT2D eigenvalue weighted by atomic mass is 32.2. The molecular weight excluding hydrogens is 588 g/mol. The number of ether oxygens (including phenoxy) is 5. The van der Waals surface area contributed by atoms with Gasteiger partial charge < -0.3 is 28.8 Å². The molecule has 3 saturated heterocycles. The van der Waals surface area contributed by atoms with Crippen LogP contribution in [-0.4, -0.2) is 77.0 Å². The number of ketones is 1. The molecular formula is C32H34N2O9S. The van der Waals surface area contributed by atoms with E-state index < -0.39 is 29.0 Å². The van der Waals surface area contributed by atoms with E-state index in [0.717, 1.165) is 34.2 Å². The van der Waals surface area contributed by atoms with E-state index in [-0.39, 0.29) is 54.6 Å². The van der Waals surface area contributed by atoms with Crippen molar-refractivity contribution in [3.63, 3.8) is 0 Å².